The topological polar surface area (TPSA) is 100 Å². The Kier molecular flexibility index (Phi) is 5.15. The fourth-order valence-corrected chi connectivity index (χ4v) is 2.17. The first-order valence-electron chi connectivity index (χ1n) is 7.59. The number of anilines is 3. The van der Waals surface area contributed by atoms with Gasteiger partial charge in [-0.15, -0.1) is 0 Å². The lowest BCUT2D eigenvalue weighted by molar-refractivity contribution is -0.134. The normalized spacial score (nSPS) is 10.5. The zero-order valence-corrected chi connectivity index (χ0v) is 13.6. The van der Waals surface area contributed by atoms with Crippen molar-refractivity contribution in [2.45, 2.75) is 0 Å². The molecule has 7 nitrogen and oxygen atoms in total. The average Bonchev–Trinajstić information content (AvgIpc) is 2.67. The second kappa shape index (κ2) is 7.68. The minimum absolute atomic E-state index is 0.0432. The van der Waals surface area contributed by atoms with Crippen LogP contribution in [0.15, 0.2) is 42.7 Å². The molecule has 10 heteroatoms. The molecule has 0 aliphatic carbocycles. The van der Waals surface area contributed by atoms with Crippen molar-refractivity contribution in [3.05, 3.63) is 60.2 Å². The fourth-order valence-electron chi connectivity index (χ4n) is 2.17. The van der Waals surface area contributed by atoms with Gasteiger partial charge < -0.3 is 15.7 Å². The summed E-state index contributed by atoms with van der Waals surface area (Å²) in [6, 6.07) is 6.60. The lowest BCUT2D eigenvalue weighted by Gasteiger charge is -2.11. The predicted molar refractivity (Wildman–Crippen MR) is 91.0 cm³/mol. The molecule has 0 unspecified atom stereocenters. The fraction of sp³-hybridized carbons (Fsp3) is 0.0588. The van der Waals surface area contributed by atoms with E-state index in [0.29, 0.717) is 11.3 Å². The molecule has 3 aromatic rings. The highest BCUT2D eigenvalue weighted by Crippen LogP contribution is 2.26. The van der Waals surface area contributed by atoms with Gasteiger partial charge in [-0.2, -0.15) is 4.98 Å². The Morgan fingerprint density at radius 2 is 1.93 bits per heavy atom. The number of aliphatic carboxylic acids is 1. The summed E-state index contributed by atoms with van der Waals surface area (Å²) >= 11 is 0. The largest absolute Gasteiger partial charge is 0.480 e. The van der Waals surface area contributed by atoms with E-state index >= 15 is 0 Å². The van der Waals surface area contributed by atoms with Crippen LogP contribution in [0.4, 0.5) is 30.6 Å². The van der Waals surface area contributed by atoms with Crippen LogP contribution in [0, 0.1) is 17.5 Å². The molecule has 0 saturated heterocycles. The van der Waals surface area contributed by atoms with E-state index in [1.54, 1.807) is 18.3 Å². The highest BCUT2D eigenvalue weighted by atomic mass is 19.2. The molecule has 0 spiro atoms. The molecule has 0 radical (unpaired) electrons. The Bertz CT molecular complexity index is 986. The predicted octanol–water partition coefficient (Wildman–Crippen LogP) is 3.20. The molecule has 0 amide bonds. The quantitative estimate of drug-likeness (QED) is 0.569. The van der Waals surface area contributed by atoms with Gasteiger partial charge in [-0.05, 0) is 24.3 Å². The van der Waals surface area contributed by atoms with Crippen LogP contribution in [0.5, 0.6) is 0 Å². The second-order valence-corrected chi connectivity index (χ2v) is 5.30. The number of hydrogen-bond donors (Lipinski definition) is 3. The minimum Gasteiger partial charge on any atom is -0.480 e. The van der Waals surface area contributed by atoms with Gasteiger partial charge in [0.25, 0.3) is 0 Å². The third-order valence-electron chi connectivity index (χ3n) is 3.38. The molecular formula is C17H12F3N5O2. The number of halogens is 3. The van der Waals surface area contributed by atoms with Crippen molar-refractivity contribution in [2.75, 3.05) is 17.2 Å². The third-order valence-corrected chi connectivity index (χ3v) is 3.38. The van der Waals surface area contributed by atoms with Crippen molar-refractivity contribution in [1.82, 2.24) is 15.0 Å². The first-order chi connectivity index (χ1) is 12.9. The number of hydrogen-bond acceptors (Lipinski definition) is 6. The summed E-state index contributed by atoms with van der Waals surface area (Å²) in [4.78, 5) is 22.9. The average molecular weight is 375 g/mol. The van der Waals surface area contributed by atoms with Crippen LogP contribution in [-0.4, -0.2) is 32.6 Å². The first kappa shape index (κ1) is 18.1. The molecule has 0 aliphatic rings. The van der Waals surface area contributed by atoms with Gasteiger partial charge in [-0.1, -0.05) is 0 Å². The second-order valence-electron chi connectivity index (χ2n) is 5.30. The van der Waals surface area contributed by atoms with E-state index in [4.69, 9.17) is 5.11 Å². The first-order valence-corrected chi connectivity index (χ1v) is 7.59. The number of carbonyl (C=O) groups is 1. The van der Waals surface area contributed by atoms with E-state index in [2.05, 4.69) is 25.6 Å². The molecule has 1 aromatic carbocycles. The van der Waals surface area contributed by atoms with Crippen molar-refractivity contribution in [1.29, 1.82) is 0 Å². The Morgan fingerprint density at radius 1 is 1.11 bits per heavy atom. The Morgan fingerprint density at radius 3 is 2.63 bits per heavy atom. The van der Waals surface area contributed by atoms with E-state index in [1.165, 1.54) is 12.3 Å². The molecule has 0 fully saturated rings. The number of aromatic nitrogens is 3. The number of carboxylic acids is 1. The molecular weight excluding hydrogens is 363 g/mol. The number of nitrogens with one attached hydrogen (secondary N) is 2. The summed E-state index contributed by atoms with van der Waals surface area (Å²) in [6.07, 6.45) is 3.08. The smallest absolute Gasteiger partial charge is 0.322 e. The highest BCUT2D eigenvalue weighted by Gasteiger charge is 2.15. The lowest BCUT2D eigenvalue weighted by Crippen LogP contribution is -2.15. The molecule has 0 bridgehead atoms. The minimum atomic E-state index is -1.62. The third kappa shape index (κ3) is 4.29. The maximum Gasteiger partial charge on any atom is 0.322 e. The molecule has 0 saturated carbocycles. The molecule has 138 valence electrons. The van der Waals surface area contributed by atoms with Gasteiger partial charge >= 0.3 is 5.97 Å². The van der Waals surface area contributed by atoms with E-state index in [-0.39, 0.29) is 17.5 Å². The van der Waals surface area contributed by atoms with Gasteiger partial charge in [0.05, 0.1) is 11.4 Å². The van der Waals surface area contributed by atoms with Crippen molar-refractivity contribution < 1.29 is 23.1 Å². The molecule has 2 heterocycles. The van der Waals surface area contributed by atoms with Crippen LogP contribution in [0.2, 0.25) is 0 Å². The molecule has 0 atom stereocenters. The Hall–Kier alpha value is -3.69. The van der Waals surface area contributed by atoms with Crippen LogP contribution >= 0.6 is 0 Å². The standard InChI is InChI=1S/C17H12F3N5O2/c18-10-3-4-11(16(20)15(10)19)23-13-6-12(9-2-1-5-21-7-9)24-17(25-13)22-8-14(26)27/h1-7H,8H2,(H,26,27)(H2,22,23,24,25). The van der Waals surface area contributed by atoms with Gasteiger partial charge in [-0.25, -0.2) is 18.2 Å². The zero-order valence-electron chi connectivity index (χ0n) is 13.6. The molecule has 3 N–H and O–H groups in total. The molecule has 3 rings (SSSR count). The van der Waals surface area contributed by atoms with Gasteiger partial charge in [0, 0.05) is 24.0 Å². The number of carboxylic acid groups (broad SMARTS) is 1. The number of pyridine rings is 1. The van der Waals surface area contributed by atoms with Crippen LogP contribution in [0.1, 0.15) is 0 Å². The van der Waals surface area contributed by atoms with Gasteiger partial charge in [0.1, 0.15) is 12.4 Å². The highest BCUT2D eigenvalue weighted by molar-refractivity contribution is 5.73. The van der Waals surface area contributed by atoms with E-state index < -0.39 is 30.0 Å². The summed E-state index contributed by atoms with van der Waals surface area (Å²) in [5, 5.41) is 13.8. The van der Waals surface area contributed by atoms with Crippen LogP contribution in [0.25, 0.3) is 11.3 Å². The SMILES string of the molecule is O=C(O)CNc1nc(Nc2ccc(F)c(F)c2F)cc(-c2cccnc2)n1. The van der Waals surface area contributed by atoms with Gasteiger partial charge in [0.2, 0.25) is 5.95 Å². The van der Waals surface area contributed by atoms with Crippen molar-refractivity contribution in [3.63, 3.8) is 0 Å². The monoisotopic (exact) mass is 375 g/mol. The summed E-state index contributed by atoms with van der Waals surface area (Å²) in [5.41, 5.74) is 0.609. The Balaban J connectivity index is 1.99. The summed E-state index contributed by atoms with van der Waals surface area (Å²) < 4.78 is 40.4. The maximum absolute atomic E-state index is 13.9. The van der Waals surface area contributed by atoms with Crippen LogP contribution in [0.3, 0.4) is 0 Å². The molecule has 0 aliphatic heterocycles. The number of benzene rings is 1. The van der Waals surface area contributed by atoms with Crippen molar-refractivity contribution in [2.24, 2.45) is 0 Å². The summed E-state index contributed by atoms with van der Waals surface area (Å²) in [7, 11) is 0. The van der Waals surface area contributed by atoms with Gasteiger partial charge in [0.15, 0.2) is 17.5 Å². The maximum atomic E-state index is 13.9. The van der Waals surface area contributed by atoms with E-state index in [0.717, 1.165) is 12.1 Å². The summed E-state index contributed by atoms with van der Waals surface area (Å²) in [6.45, 7) is -0.449. The number of rotatable bonds is 6. The van der Waals surface area contributed by atoms with Crippen molar-refractivity contribution >= 4 is 23.4 Å². The zero-order chi connectivity index (χ0) is 19.4. The number of nitrogens with zero attached hydrogens (tertiary/aromatic N) is 3. The van der Waals surface area contributed by atoms with Crippen molar-refractivity contribution in [3.8, 4) is 11.3 Å². The van der Waals surface area contributed by atoms with E-state index in [1.807, 2.05) is 0 Å². The van der Waals surface area contributed by atoms with E-state index in [9.17, 15) is 18.0 Å². The van der Waals surface area contributed by atoms with Crippen LogP contribution < -0.4 is 10.6 Å². The Labute approximate surface area is 150 Å². The summed E-state index contributed by atoms with van der Waals surface area (Å²) in [5.74, 6) is -5.49. The lowest BCUT2D eigenvalue weighted by atomic mass is 10.2. The molecule has 27 heavy (non-hydrogen) atoms. The molecule has 2 aromatic heterocycles. The van der Waals surface area contributed by atoms with Crippen LogP contribution in [-0.2, 0) is 4.79 Å². The van der Waals surface area contributed by atoms with Gasteiger partial charge in [-0.3, -0.25) is 9.78 Å².